The van der Waals surface area contributed by atoms with E-state index in [2.05, 4.69) is 17.2 Å². The molecule has 1 heterocycles. The molecule has 1 aliphatic heterocycles. The largest absolute Gasteiger partial charge is 0.304 e. The van der Waals surface area contributed by atoms with Gasteiger partial charge in [0.2, 0.25) is 5.91 Å². The second-order valence-corrected chi connectivity index (χ2v) is 7.67. The Balaban J connectivity index is 1.77. The van der Waals surface area contributed by atoms with E-state index in [-0.39, 0.29) is 11.2 Å². The minimum absolute atomic E-state index is 0.0568. The number of benzene rings is 2. The molecule has 1 atom stereocenters. The Morgan fingerprint density at radius 3 is 2.71 bits per heavy atom. The van der Waals surface area contributed by atoms with E-state index in [4.69, 9.17) is 23.2 Å². The van der Waals surface area contributed by atoms with E-state index in [1.54, 1.807) is 6.07 Å². The van der Waals surface area contributed by atoms with Crippen LogP contribution in [0.1, 0.15) is 16.7 Å². The van der Waals surface area contributed by atoms with Crippen molar-refractivity contribution < 1.29 is 4.79 Å². The molecule has 1 N–H and O–H groups in total. The first-order chi connectivity index (χ1) is 11.4. The van der Waals surface area contributed by atoms with E-state index in [1.165, 1.54) is 22.9 Å². The molecule has 1 amide bonds. The Kier molecular flexibility index (Phi) is 5.18. The lowest BCUT2D eigenvalue weighted by molar-refractivity contribution is -0.118. The lowest BCUT2D eigenvalue weighted by Gasteiger charge is -2.08. The highest BCUT2D eigenvalue weighted by Crippen LogP contribution is 2.31. The van der Waals surface area contributed by atoms with Crippen molar-refractivity contribution in [3.05, 3.63) is 63.1 Å². The highest BCUT2D eigenvalue weighted by molar-refractivity contribution is 8.15. The van der Waals surface area contributed by atoms with E-state index in [1.807, 2.05) is 37.3 Å². The Labute approximate surface area is 155 Å². The number of nitrogens with zero attached hydrogens (tertiary/aromatic N) is 1. The zero-order valence-electron chi connectivity index (χ0n) is 13.3. The minimum Gasteiger partial charge on any atom is -0.304 e. The van der Waals surface area contributed by atoms with Gasteiger partial charge >= 0.3 is 0 Å². The number of carbonyl (C=O) groups is 1. The fourth-order valence-corrected chi connectivity index (χ4v) is 3.82. The number of amidine groups is 1. The van der Waals surface area contributed by atoms with Gasteiger partial charge in [0, 0.05) is 0 Å². The van der Waals surface area contributed by atoms with Crippen LogP contribution in [0.25, 0.3) is 0 Å². The Hall–Kier alpha value is -1.49. The van der Waals surface area contributed by atoms with Crippen LogP contribution in [-0.2, 0) is 11.2 Å². The van der Waals surface area contributed by atoms with Crippen LogP contribution in [0.5, 0.6) is 0 Å². The molecule has 1 saturated heterocycles. The van der Waals surface area contributed by atoms with Gasteiger partial charge in [-0.15, -0.1) is 0 Å². The van der Waals surface area contributed by atoms with Crippen LogP contribution in [0.4, 0.5) is 5.69 Å². The van der Waals surface area contributed by atoms with Gasteiger partial charge in [0.05, 0.1) is 21.0 Å². The summed E-state index contributed by atoms with van der Waals surface area (Å²) in [6.07, 6.45) is 0.516. The van der Waals surface area contributed by atoms with Crippen molar-refractivity contribution in [2.24, 2.45) is 4.99 Å². The summed E-state index contributed by atoms with van der Waals surface area (Å²) in [5, 5.41) is 4.21. The normalized spacial score (nSPS) is 18.9. The monoisotopic (exact) mass is 378 g/mol. The van der Waals surface area contributed by atoms with Gasteiger partial charge in [-0.25, -0.2) is 4.99 Å². The number of thioether (sulfide) groups is 1. The summed E-state index contributed by atoms with van der Waals surface area (Å²) in [6.45, 7) is 4.10. The van der Waals surface area contributed by atoms with Gasteiger partial charge in [-0.1, -0.05) is 53.2 Å². The number of aryl methyl sites for hydroxylation is 2. The molecule has 0 aromatic heterocycles. The summed E-state index contributed by atoms with van der Waals surface area (Å²) in [5.41, 5.74) is 4.09. The first-order valence-electron chi connectivity index (χ1n) is 7.50. The van der Waals surface area contributed by atoms with Crippen molar-refractivity contribution in [2.45, 2.75) is 25.5 Å². The van der Waals surface area contributed by atoms with E-state index in [9.17, 15) is 4.79 Å². The molecule has 6 heteroatoms. The van der Waals surface area contributed by atoms with Crippen LogP contribution in [0.3, 0.4) is 0 Å². The number of aliphatic imine (C=N–C) groups is 1. The van der Waals surface area contributed by atoms with E-state index in [0.717, 1.165) is 11.3 Å². The summed E-state index contributed by atoms with van der Waals surface area (Å²) in [5.74, 6) is -0.0568. The van der Waals surface area contributed by atoms with Gasteiger partial charge in [0.25, 0.3) is 0 Å². The molecule has 1 fully saturated rings. The molecule has 2 aromatic rings. The van der Waals surface area contributed by atoms with Crippen molar-refractivity contribution in [2.75, 3.05) is 0 Å². The van der Waals surface area contributed by atoms with Crippen molar-refractivity contribution in [1.82, 2.24) is 5.32 Å². The van der Waals surface area contributed by atoms with Crippen LogP contribution >= 0.6 is 35.0 Å². The van der Waals surface area contributed by atoms with Crippen molar-refractivity contribution in [3.8, 4) is 0 Å². The summed E-state index contributed by atoms with van der Waals surface area (Å²) in [6, 6.07) is 11.5. The van der Waals surface area contributed by atoms with Crippen LogP contribution < -0.4 is 5.32 Å². The molecule has 0 spiro atoms. The number of hydrogen-bond acceptors (Lipinski definition) is 3. The molecule has 0 saturated carbocycles. The second-order valence-electron chi connectivity index (χ2n) is 5.70. The first kappa shape index (κ1) is 17.3. The summed E-state index contributed by atoms with van der Waals surface area (Å²) < 4.78 is 0. The smallest absolute Gasteiger partial charge is 0.239 e. The SMILES string of the molecule is Cc1ccc(N=C2NC(=O)[C@@H](Cc3cccc(Cl)c3Cl)S2)cc1C. The highest BCUT2D eigenvalue weighted by atomic mass is 35.5. The number of amides is 1. The molecule has 0 unspecified atom stereocenters. The molecule has 0 aliphatic carbocycles. The maximum Gasteiger partial charge on any atom is 0.239 e. The van der Waals surface area contributed by atoms with Crippen molar-refractivity contribution in [3.63, 3.8) is 0 Å². The maximum atomic E-state index is 12.2. The fraction of sp³-hybridized carbons (Fsp3) is 0.222. The van der Waals surface area contributed by atoms with Gasteiger partial charge in [-0.3, -0.25) is 4.79 Å². The highest BCUT2D eigenvalue weighted by Gasteiger charge is 2.31. The lowest BCUT2D eigenvalue weighted by Crippen LogP contribution is -2.26. The predicted octanol–water partition coefficient (Wildman–Crippen LogP) is 5.07. The third-order valence-electron chi connectivity index (χ3n) is 3.93. The van der Waals surface area contributed by atoms with Crippen molar-refractivity contribution in [1.29, 1.82) is 0 Å². The minimum atomic E-state index is -0.258. The first-order valence-corrected chi connectivity index (χ1v) is 9.14. The average molecular weight is 379 g/mol. The molecule has 24 heavy (non-hydrogen) atoms. The molecular weight excluding hydrogens is 363 g/mol. The zero-order chi connectivity index (χ0) is 17.3. The predicted molar refractivity (Wildman–Crippen MR) is 103 cm³/mol. The molecule has 1 aliphatic rings. The summed E-state index contributed by atoms with van der Waals surface area (Å²) in [7, 11) is 0. The van der Waals surface area contributed by atoms with E-state index in [0.29, 0.717) is 21.6 Å². The van der Waals surface area contributed by atoms with Gasteiger partial charge < -0.3 is 5.32 Å². The standard InChI is InChI=1S/C18H16Cl2N2OS/c1-10-6-7-13(8-11(10)2)21-18-22-17(23)15(24-18)9-12-4-3-5-14(19)16(12)20/h3-8,15H,9H2,1-2H3,(H,21,22,23)/t15-/m1/s1. The third kappa shape index (κ3) is 3.77. The molecule has 124 valence electrons. The molecule has 3 nitrogen and oxygen atoms in total. The third-order valence-corrected chi connectivity index (χ3v) is 5.87. The van der Waals surface area contributed by atoms with Gasteiger partial charge in [-0.2, -0.15) is 0 Å². The molecule has 0 radical (unpaired) electrons. The van der Waals surface area contributed by atoms with Gasteiger partial charge in [-0.05, 0) is 55.2 Å². The lowest BCUT2D eigenvalue weighted by atomic mass is 10.1. The number of carbonyl (C=O) groups excluding carboxylic acids is 1. The Morgan fingerprint density at radius 1 is 1.17 bits per heavy atom. The van der Waals surface area contributed by atoms with E-state index < -0.39 is 0 Å². The summed E-state index contributed by atoms with van der Waals surface area (Å²) in [4.78, 5) is 16.7. The summed E-state index contributed by atoms with van der Waals surface area (Å²) >= 11 is 13.7. The molecular formula is C18H16Cl2N2OS. The quantitative estimate of drug-likeness (QED) is 0.809. The Bertz CT molecular complexity index is 836. The number of nitrogens with one attached hydrogen (secondary N) is 1. The molecule has 2 aromatic carbocycles. The van der Waals surface area contributed by atoms with Gasteiger partial charge in [0.1, 0.15) is 0 Å². The number of hydrogen-bond donors (Lipinski definition) is 1. The topological polar surface area (TPSA) is 41.5 Å². The van der Waals surface area contributed by atoms with Crippen LogP contribution in [0, 0.1) is 13.8 Å². The molecule has 0 bridgehead atoms. The van der Waals surface area contributed by atoms with Gasteiger partial charge in [0.15, 0.2) is 5.17 Å². The maximum absolute atomic E-state index is 12.2. The van der Waals surface area contributed by atoms with Crippen molar-refractivity contribution >= 4 is 51.7 Å². The second kappa shape index (κ2) is 7.18. The Morgan fingerprint density at radius 2 is 1.96 bits per heavy atom. The number of halogens is 2. The van der Waals surface area contributed by atoms with Crippen LogP contribution in [0.2, 0.25) is 10.0 Å². The number of rotatable bonds is 3. The zero-order valence-corrected chi connectivity index (χ0v) is 15.6. The fourth-order valence-electron chi connectivity index (χ4n) is 2.41. The average Bonchev–Trinajstić information content (AvgIpc) is 2.87. The van der Waals surface area contributed by atoms with Crippen LogP contribution in [-0.4, -0.2) is 16.3 Å². The van der Waals surface area contributed by atoms with Crippen LogP contribution in [0.15, 0.2) is 41.4 Å². The van der Waals surface area contributed by atoms with E-state index >= 15 is 0 Å². The molecule has 3 rings (SSSR count).